The minimum Gasteiger partial charge on any atom is -0.337 e. The molecule has 1 amide bonds. The molecule has 0 aliphatic carbocycles. The highest BCUT2D eigenvalue weighted by Gasteiger charge is 2.30. The van der Waals surface area contributed by atoms with Crippen molar-refractivity contribution < 1.29 is 18.0 Å². The molecule has 0 atom stereocenters. The molecule has 0 bridgehead atoms. The van der Waals surface area contributed by atoms with Crippen LogP contribution >= 0.6 is 11.6 Å². The summed E-state index contributed by atoms with van der Waals surface area (Å²) in [5, 5.41) is 0.151. The molecule has 1 fully saturated rings. The van der Waals surface area contributed by atoms with Gasteiger partial charge in [-0.2, -0.15) is 13.2 Å². The number of nitrogens with zero attached hydrogens (tertiary/aromatic N) is 4. The third-order valence-electron chi connectivity index (χ3n) is 4.16. The number of carbonyl (C=O) groups is 1. The van der Waals surface area contributed by atoms with Crippen LogP contribution in [0.4, 0.5) is 19.1 Å². The molecular weight excluding hydrogens is 381 g/mol. The van der Waals surface area contributed by atoms with Gasteiger partial charge in [-0.1, -0.05) is 11.6 Å². The molecule has 1 aliphatic heterocycles. The number of aromatic nitrogens is 2. The van der Waals surface area contributed by atoms with Crippen LogP contribution in [0, 0.1) is 0 Å². The van der Waals surface area contributed by atoms with Gasteiger partial charge in [0.2, 0.25) is 11.9 Å². The van der Waals surface area contributed by atoms with Gasteiger partial charge in [-0.3, -0.25) is 4.79 Å². The summed E-state index contributed by atoms with van der Waals surface area (Å²) in [6, 6.07) is 4.74. The second kappa shape index (κ2) is 7.96. The lowest BCUT2D eigenvalue weighted by Crippen LogP contribution is -2.48. The number of halogens is 4. The number of benzene rings is 1. The van der Waals surface area contributed by atoms with E-state index in [0.717, 1.165) is 12.1 Å². The van der Waals surface area contributed by atoms with E-state index in [2.05, 4.69) is 9.97 Å². The number of piperazine rings is 1. The monoisotopic (exact) mass is 396 g/mol. The van der Waals surface area contributed by atoms with Gasteiger partial charge < -0.3 is 9.80 Å². The Hall–Kier alpha value is -2.61. The van der Waals surface area contributed by atoms with Gasteiger partial charge in [-0.25, -0.2) is 9.97 Å². The normalized spacial score (nSPS) is 15.4. The van der Waals surface area contributed by atoms with E-state index < -0.39 is 11.7 Å². The maximum atomic E-state index is 12.8. The van der Waals surface area contributed by atoms with Gasteiger partial charge in [-0.05, 0) is 35.9 Å². The molecule has 1 aromatic carbocycles. The molecule has 27 heavy (non-hydrogen) atoms. The predicted molar refractivity (Wildman–Crippen MR) is 96.3 cm³/mol. The van der Waals surface area contributed by atoms with Crippen LogP contribution in [0.5, 0.6) is 0 Å². The van der Waals surface area contributed by atoms with Gasteiger partial charge in [0.15, 0.2) is 0 Å². The van der Waals surface area contributed by atoms with Crippen molar-refractivity contribution in [3.63, 3.8) is 0 Å². The number of carbonyl (C=O) groups excluding carboxylic acids is 1. The van der Waals surface area contributed by atoms with Crippen molar-refractivity contribution in [3.05, 3.63) is 58.9 Å². The number of rotatable bonds is 3. The van der Waals surface area contributed by atoms with Crippen LogP contribution in [0.3, 0.4) is 0 Å². The van der Waals surface area contributed by atoms with Crippen molar-refractivity contribution in [2.45, 2.75) is 6.18 Å². The minimum atomic E-state index is -4.47. The van der Waals surface area contributed by atoms with Crippen molar-refractivity contribution in [1.82, 2.24) is 14.9 Å². The second-order valence-electron chi connectivity index (χ2n) is 5.93. The van der Waals surface area contributed by atoms with Crippen molar-refractivity contribution in [1.29, 1.82) is 0 Å². The SMILES string of the molecule is O=C(/C=C/c1cc(C(F)(F)F)ccc1Cl)N1CCN(c2ncccn2)CC1. The molecule has 1 aliphatic rings. The average Bonchev–Trinajstić information content (AvgIpc) is 2.67. The zero-order chi connectivity index (χ0) is 19.4. The van der Waals surface area contributed by atoms with Gasteiger partial charge >= 0.3 is 6.18 Å². The van der Waals surface area contributed by atoms with E-state index in [1.165, 1.54) is 18.2 Å². The van der Waals surface area contributed by atoms with Gasteiger partial charge in [-0.15, -0.1) is 0 Å². The summed E-state index contributed by atoms with van der Waals surface area (Å²) in [6.07, 6.45) is 1.40. The molecule has 5 nitrogen and oxygen atoms in total. The fraction of sp³-hybridized carbons (Fsp3) is 0.278. The fourth-order valence-corrected chi connectivity index (χ4v) is 2.88. The lowest BCUT2D eigenvalue weighted by Gasteiger charge is -2.34. The molecule has 2 aromatic rings. The predicted octanol–water partition coefficient (Wildman–Crippen LogP) is 3.51. The van der Waals surface area contributed by atoms with E-state index in [9.17, 15) is 18.0 Å². The Labute approximate surface area is 159 Å². The van der Waals surface area contributed by atoms with Crippen LogP contribution in [0.1, 0.15) is 11.1 Å². The highest BCUT2D eigenvalue weighted by atomic mass is 35.5. The van der Waals surface area contributed by atoms with Gasteiger partial charge in [0.05, 0.1) is 5.56 Å². The molecule has 0 N–H and O–H groups in total. The maximum absolute atomic E-state index is 12.8. The van der Waals surface area contributed by atoms with E-state index in [4.69, 9.17) is 11.6 Å². The Morgan fingerprint density at radius 3 is 2.41 bits per heavy atom. The smallest absolute Gasteiger partial charge is 0.337 e. The summed E-state index contributed by atoms with van der Waals surface area (Å²) < 4.78 is 38.4. The lowest BCUT2D eigenvalue weighted by molar-refractivity contribution is -0.137. The van der Waals surface area contributed by atoms with Crippen molar-refractivity contribution in [3.8, 4) is 0 Å². The van der Waals surface area contributed by atoms with Crippen LogP contribution in [0.2, 0.25) is 5.02 Å². The zero-order valence-electron chi connectivity index (χ0n) is 14.2. The highest BCUT2D eigenvalue weighted by molar-refractivity contribution is 6.32. The van der Waals surface area contributed by atoms with Gasteiger partial charge in [0.1, 0.15) is 0 Å². The molecule has 0 saturated carbocycles. The summed E-state index contributed by atoms with van der Waals surface area (Å²) in [7, 11) is 0. The first-order valence-corrected chi connectivity index (χ1v) is 8.58. The van der Waals surface area contributed by atoms with Crippen molar-refractivity contribution in [2.24, 2.45) is 0 Å². The number of amides is 1. The Morgan fingerprint density at radius 2 is 1.78 bits per heavy atom. The zero-order valence-corrected chi connectivity index (χ0v) is 14.9. The van der Waals surface area contributed by atoms with Gasteiger partial charge in [0.25, 0.3) is 0 Å². The number of alkyl halides is 3. The first kappa shape index (κ1) is 19.2. The highest BCUT2D eigenvalue weighted by Crippen LogP contribution is 2.32. The van der Waals surface area contributed by atoms with Crippen LogP contribution in [0.15, 0.2) is 42.7 Å². The second-order valence-corrected chi connectivity index (χ2v) is 6.34. The van der Waals surface area contributed by atoms with Crippen LogP contribution < -0.4 is 4.90 Å². The molecule has 0 radical (unpaired) electrons. The molecule has 2 heterocycles. The fourth-order valence-electron chi connectivity index (χ4n) is 2.70. The molecule has 9 heteroatoms. The maximum Gasteiger partial charge on any atom is 0.416 e. The summed E-state index contributed by atoms with van der Waals surface area (Å²) >= 11 is 5.94. The summed E-state index contributed by atoms with van der Waals surface area (Å²) in [5.41, 5.74) is -0.661. The quantitative estimate of drug-likeness (QED) is 0.745. The molecule has 3 rings (SSSR count). The molecule has 142 valence electrons. The molecular formula is C18H16ClF3N4O. The third-order valence-corrected chi connectivity index (χ3v) is 4.50. The number of anilines is 1. The van der Waals surface area contributed by atoms with E-state index in [-0.39, 0.29) is 16.5 Å². The van der Waals surface area contributed by atoms with Crippen molar-refractivity contribution >= 4 is 29.5 Å². The van der Waals surface area contributed by atoms with Crippen molar-refractivity contribution in [2.75, 3.05) is 31.1 Å². The molecule has 0 unspecified atom stereocenters. The minimum absolute atomic E-state index is 0.149. The summed E-state index contributed by atoms with van der Waals surface area (Å²) in [6.45, 7) is 2.09. The first-order chi connectivity index (χ1) is 12.8. The molecule has 0 spiro atoms. The lowest BCUT2D eigenvalue weighted by atomic mass is 10.1. The largest absolute Gasteiger partial charge is 0.416 e. The van der Waals surface area contributed by atoms with Gasteiger partial charge in [0, 0.05) is 49.7 Å². The Morgan fingerprint density at radius 1 is 1.11 bits per heavy atom. The van der Waals surface area contributed by atoms with Crippen LogP contribution in [0.25, 0.3) is 6.08 Å². The number of hydrogen-bond donors (Lipinski definition) is 0. The van der Waals surface area contributed by atoms with E-state index in [1.54, 1.807) is 23.4 Å². The van der Waals surface area contributed by atoms with Crippen LogP contribution in [-0.2, 0) is 11.0 Å². The standard InChI is InChI=1S/C18H16ClF3N4O/c19-15-4-3-14(18(20,21)22)12-13(15)2-5-16(27)25-8-10-26(11-9-25)17-23-6-1-7-24-17/h1-7,12H,8-11H2/b5-2+. The molecule has 1 aromatic heterocycles. The average molecular weight is 397 g/mol. The van der Waals surface area contributed by atoms with Crippen LogP contribution in [-0.4, -0.2) is 47.0 Å². The Bertz CT molecular complexity index is 834. The topological polar surface area (TPSA) is 49.3 Å². The Kier molecular flexibility index (Phi) is 5.65. The Balaban J connectivity index is 1.63. The third kappa shape index (κ3) is 4.77. The van der Waals surface area contributed by atoms with E-state index >= 15 is 0 Å². The summed E-state index contributed by atoms with van der Waals surface area (Å²) in [5.74, 6) is 0.327. The summed E-state index contributed by atoms with van der Waals surface area (Å²) in [4.78, 5) is 24.3. The van der Waals surface area contributed by atoms with E-state index in [1.807, 2.05) is 4.90 Å². The molecule has 1 saturated heterocycles. The number of hydrogen-bond acceptors (Lipinski definition) is 4. The van der Waals surface area contributed by atoms with E-state index in [0.29, 0.717) is 32.1 Å². The first-order valence-electron chi connectivity index (χ1n) is 8.20.